The lowest BCUT2D eigenvalue weighted by Crippen LogP contribution is -2.33. The monoisotopic (exact) mass is 254 g/mol. The van der Waals surface area contributed by atoms with Crippen molar-refractivity contribution < 1.29 is 13.6 Å². The van der Waals surface area contributed by atoms with Gasteiger partial charge in [0.25, 0.3) is 0 Å². The quantitative estimate of drug-likeness (QED) is 0.894. The normalized spacial score (nSPS) is 21.4. The lowest BCUT2D eigenvalue weighted by atomic mass is 10.1. The van der Waals surface area contributed by atoms with Gasteiger partial charge in [0, 0.05) is 31.1 Å². The van der Waals surface area contributed by atoms with Gasteiger partial charge >= 0.3 is 0 Å². The average molecular weight is 254 g/mol. The zero-order valence-corrected chi connectivity index (χ0v) is 10.2. The van der Waals surface area contributed by atoms with Gasteiger partial charge in [-0.1, -0.05) is 13.0 Å². The standard InChI is InChI=1S/C13H16F2N2O/c1-8-4-13(18)17(6-8)7-12(16)10-3-2-9(14)5-11(10)15/h2-3,5,8,12H,4,6-7,16H2,1H3. The summed E-state index contributed by atoms with van der Waals surface area (Å²) < 4.78 is 26.3. The van der Waals surface area contributed by atoms with Crippen LogP contribution in [0.5, 0.6) is 0 Å². The maximum absolute atomic E-state index is 13.5. The third-order valence-electron chi connectivity index (χ3n) is 3.19. The first-order valence-corrected chi connectivity index (χ1v) is 5.95. The molecule has 1 aliphatic rings. The van der Waals surface area contributed by atoms with Crippen LogP contribution in [0.1, 0.15) is 24.9 Å². The molecule has 2 atom stereocenters. The SMILES string of the molecule is CC1CC(=O)N(CC(N)c2ccc(F)cc2F)C1. The molecule has 1 fully saturated rings. The second-order valence-electron chi connectivity index (χ2n) is 4.88. The van der Waals surface area contributed by atoms with Crippen molar-refractivity contribution in [1.82, 2.24) is 4.90 Å². The van der Waals surface area contributed by atoms with E-state index in [2.05, 4.69) is 0 Å². The number of hydrogen-bond donors (Lipinski definition) is 1. The van der Waals surface area contributed by atoms with E-state index >= 15 is 0 Å². The van der Waals surface area contributed by atoms with E-state index in [1.807, 2.05) is 6.92 Å². The van der Waals surface area contributed by atoms with E-state index in [1.165, 1.54) is 12.1 Å². The Bertz CT molecular complexity index is 464. The first-order valence-electron chi connectivity index (χ1n) is 5.95. The molecule has 1 aromatic rings. The number of halogens is 2. The van der Waals surface area contributed by atoms with Gasteiger partial charge in [0.15, 0.2) is 0 Å². The van der Waals surface area contributed by atoms with Gasteiger partial charge in [-0.3, -0.25) is 4.79 Å². The van der Waals surface area contributed by atoms with E-state index in [4.69, 9.17) is 5.73 Å². The zero-order valence-electron chi connectivity index (χ0n) is 10.2. The second kappa shape index (κ2) is 5.02. The van der Waals surface area contributed by atoms with Gasteiger partial charge in [0.2, 0.25) is 5.91 Å². The van der Waals surface area contributed by atoms with Crippen LogP contribution < -0.4 is 5.73 Å². The third-order valence-corrected chi connectivity index (χ3v) is 3.19. The predicted octanol–water partition coefficient (Wildman–Crippen LogP) is 1.83. The number of carbonyl (C=O) groups is 1. The second-order valence-corrected chi connectivity index (χ2v) is 4.88. The maximum Gasteiger partial charge on any atom is 0.222 e. The fourth-order valence-electron chi connectivity index (χ4n) is 2.28. The summed E-state index contributed by atoms with van der Waals surface area (Å²) in [5.74, 6) is -0.945. The van der Waals surface area contributed by atoms with Crippen molar-refractivity contribution in [2.75, 3.05) is 13.1 Å². The summed E-state index contributed by atoms with van der Waals surface area (Å²) in [4.78, 5) is 13.2. The van der Waals surface area contributed by atoms with E-state index in [0.717, 1.165) is 6.07 Å². The Kier molecular flexibility index (Phi) is 3.61. The van der Waals surface area contributed by atoms with Crippen LogP contribution in [-0.4, -0.2) is 23.9 Å². The van der Waals surface area contributed by atoms with Crippen LogP contribution in [0.4, 0.5) is 8.78 Å². The Hall–Kier alpha value is -1.49. The highest BCUT2D eigenvalue weighted by Gasteiger charge is 2.28. The molecule has 0 saturated carbocycles. The molecule has 0 aliphatic carbocycles. The molecule has 5 heteroatoms. The Morgan fingerprint density at radius 3 is 2.78 bits per heavy atom. The summed E-state index contributed by atoms with van der Waals surface area (Å²) in [6.07, 6.45) is 0.513. The molecular weight excluding hydrogens is 238 g/mol. The number of benzene rings is 1. The molecule has 1 saturated heterocycles. The molecule has 2 N–H and O–H groups in total. The summed E-state index contributed by atoms with van der Waals surface area (Å²) in [6, 6.07) is 2.69. The Morgan fingerprint density at radius 1 is 1.50 bits per heavy atom. The highest BCUT2D eigenvalue weighted by molar-refractivity contribution is 5.78. The molecule has 1 amide bonds. The van der Waals surface area contributed by atoms with Crippen LogP contribution in [-0.2, 0) is 4.79 Å². The number of likely N-dealkylation sites (tertiary alicyclic amines) is 1. The minimum Gasteiger partial charge on any atom is -0.341 e. The molecule has 2 rings (SSSR count). The van der Waals surface area contributed by atoms with Crippen molar-refractivity contribution >= 4 is 5.91 Å². The largest absolute Gasteiger partial charge is 0.341 e. The summed E-state index contributed by atoms with van der Waals surface area (Å²) in [7, 11) is 0. The first-order chi connectivity index (χ1) is 8.47. The molecule has 0 bridgehead atoms. The van der Waals surface area contributed by atoms with Crippen molar-refractivity contribution in [3.63, 3.8) is 0 Å². The molecule has 0 aromatic heterocycles. The Morgan fingerprint density at radius 2 is 2.22 bits per heavy atom. The number of nitrogens with two attached hydrogens (primary N) is 1. The lowest BCUT2D eigenvalue weighted by Gasteiger charge is -2.21. The topological polar surface area (TPSA) is 46.3 Å². The summed E-state index contributed by atoms with van der Waals surface area (Å²) in [5.41, 5.74) is 6.12. The van der Waals surface area contributed by atoms with E-state index in [1.54, 1.807) is 4.90 Å². The summed E-state index contributed by atoms with van der Waals surface area (Å²) in [6.45, 7) is 2.91. The van der Waals surface area contributed by atoms with E-state index in [9.17, 15) is 13.6 Å². The molecule has 18 heavy (non-hydrogen) atoms. The Balaban J connectivity index is 2.08. The van der Waals surface area contributed by atoms with Crippen LogP contribution in [0, 0.1) is 17.6 Å². The minimum absolute atomic E-state index is 0.0421. The van der Waals surface area contributed by atoms with Crippen molar-refractivity contribution in [1.29, 1.82) is 0 Å². The number of carbonyl (C=O) groups excluding carboxylic acids is 1. The predicted molar refractivity (Wildman–Crippen MR) is 63.6 cm³/mol. The molecular formula is C13H16F2N2O. The van der Waals surface area contributed by atoms with Crippen LogP contribution in [0.15, 0.2) is 18.2 Å². The molecule has 2 unspecified atom stereocenters. The fraction of sp³-hybridized carbons (Fsp3) is 0.462. The van der Waals surface area contributed by atoms with Crippen molar-refractivity contribution in [2.45, 2.75) is 19.4 Å². The highest BCUT2D eigenvalue weighted by Crippen LogP contribution is 2.22. The van der Waals surface area contributed by atoms with Crippen molar-refractivity contribution in [2.24, 2.45) is 11.7 Å². The average Bonchev–Trinajstić information content (AvgIpc) is 2.57. The lowest BCUT2D eigenvalue weighted by molar-refractivity contribution is -0.127. The zero-order chi connectivity index (χ0) is 13.3. The Labute approximate surface area is 105 Å². The smallest absolute Gasteiger partial charge is 0.222 e. The van der Waals surface area contributed by atoms with Gasteiger partial charge in [-0.2, -0.15) is 0 Å². The van der Waals surface area contributed by atoms with Crippen LogP contribution >= 0.6 is 0 Å². The van der Waals surface area contributed by atoms with Crippen molar-refractivity contribution in [3.8, 4) is 0 Å². The molecule has 1 heterocycles. The molecule has 0 radical (unpaired) electrons. The number of rotatable bonds is 3. The number of amides is 1. The molecule has 1 aromatic carbocycles. The van der Waals surface area contributed by atoms with E-state index < -0.39 is 17.7 Å². The van der Waals surface area contributed by atoms with Gasteiger partial charge in [0.1, 0.15) is 11.6 Å². The third kappa shape index (κ3) is 2.67. The van der Waals surface area contributed by atoms with Gasteiger partial charge in [-0.15, -0.1) is 0 Å². The van der Waals surface area contributed by atoms with Crippen molar-refractivity contribution in [3.05, 3.63) is 35.4 Å². The van der Waals surface area contributed by atoms with E-state index in [0.29, 0.717) is 18.9 Å². The molecule has 1 aliphatic heterocycles. The van der Waals surface area contributed by atoms with Gasteiger partial charge in [-0.05, 0) is 12.0 Å². The number of hydrogen-bond acceptors (Lipinski definition) is 2. The van der Waals surface area contributed by atoms with Gasteiger partial charge < -0.3 is 10.6 Å². The van der Waals surface area contributed by atoms with Crippen LogP contribution in [0.2, 0.25) is 0 Å². The first kappa shape index (κ1) is 13.0. The van der Waals surface area contributed by atoms with Gasteiger partial charge in [-0.25, -0.2) is 8.78 Å². The highest BCUT2D eigenvalue weighted by atomic mass is 19.1. The molecule has 0 spiro atoms. The molecule has 3 nitrogen and oxygen atoms in total. The van der Waals surface area contributed by atoms with E-state index in [-0.39, 0.29) is 18.0 Å². The minimum atomic E-state index is -0.665. The van der Waals surface area contributed by atoms with Crippen LogP contribution in [0.3, 0.4) is 0 Å². The number of nitrogens with zero attached hydrogens (tertiary/aromatic N) is 1. The van der Waals surface area contributed by atoms with Crippen LogP contribution in [0.25, 0.3) is 0 Å². The summed E-state index contributed by atoms with van der Waals surface area (Å²) in [5, 5.41) is 0. The van der Waals surface area contributed by atoms with Gasteiger partial charge in [0.05, 0.1) is 6.04 Å². The maximum atomic E-state index is 13.5. The molecule has 98 valence electrons. The summed E-state index contributed by atoms with van der Waals surface area (Å²) >= 11 is 0. The fourth-order valence-corrected chi connectivity index (χ4v) is 2.28.